The van der Waals surface area contributed by atoms with Crippen molar-refractivity contribution < 1.29 is 19.1 Å². The van der Waals surface area contributed by atoms with E-state index in [9.17, 15) is 14.4 Å². The molecule has 1 aromatic heterocycles. The molecule has 1 amide bonds. The van der Waals surface area contributed by atoms with Crippen LogP contribution in [-0.2, 0) is 6.42 Å². The Bertz CT molecular complexity index is 876. The van der Waals surface area contributed by atoms with E-state index in [0.29, 0.717) is 40.7 Å². The Hall–Kier alpha value is -2.89. The molecule has 0 bridgehead atoms. The number of hydrogen-bond donors (Lipinski definition) is 2. The van der Waals surface area contributed by atoms with Crippen LogP contribution in [0.2, 0.25) is 0 Å². The summed E-state index contributed by atoms with van der Waals surface area (Å²) in [6.07, 6.45) is 2.67. The molecule has 1 heterocycles. The molecule has 2 aromatic rings. The Balaban J connectivity index is 1.64. The van der Waals surface area contributed by atoms with Gasteiger partial charge in [-0.15, -0.1) is 0 Å². The molecule has 1 saturated carbocycles. The van der Waals surface area contributed by atoms with Crippen molar-refractivity contribution in [2.75, 3.05) is 6.61 Å². The second-order valence-electron chi connectivity index (χ2n) is 6.87. The molecule has 1 aromatic carbocycles. The predicted octanol–water partition coefficient (Wildman–Crippen LogP) is 3.24. The summed E-state index contributed by atoms with van der Waals surface area (Å²) in [5.74, 6) is 0.157. The average Bonchev–Trinajstić information content (AvgIpc) is 3.39. The minimum absolute atomic E-state index is 0.0550. The molecule has 1 fully saturated rings. The first-order valence-corrected chi connectivity index (χ1v) is 9.20. The Labute approximate surface area is 158 Å². The van der Waals surface area contributed by atoms with E-state index in [-0.39, 0.29) is 24.1 Å². The van der Waals surface area contributed by atoms with Gasteiger partial charge in [0, 0.05) is 22.9 Å². The number of amides is 1. The molecule has 1 aliphatic carbocycles. The van der Waals surface area contributed by atoms with Crippen molar-refractivity contribution in [1.82, 2.24) is 10.3 Å². The van der Waals surface area contributed by atoms with Gasteiger partial charge in [-0.3, -0.25) is 14.4 Å². The number of hydrogen-bond acceptors (Lipinski definition) is 4. The number of ketones is 2. The molecule has 27 heavy (non-hydrogen) atoms. The van der Waals surface area contributed by atoms with Crippen LogP contribution >= 0.6 is 0 Å². The zero-order valence-electron chi connectivity index (χ0n) is 15.8. The third kappa shape index (κ3) is 4.27. The van der Waals surface area contributed by atoms with Gasteiger partial charge in [-0.2, -0.15) is 0 Å². The maximum Gasteiger partial charge on any atom is 0.251 e. The second kappa shape index (κ2) is 7.78. The van der Waals surface area contributed by atoms with Crippen LogP contribution in [0, 0.1) is 6.92 Å². The van der Waals surface area contributed by atoms with E-state index in [4.69, 9.17) is 4.74 Å². The number of aryl methyl sites for hydroxylation is 1. The number of rotatable bonds is 8. The molecule has 0 atom stereocenters. The number of aromatic amines is 1. The van der Waals surface area contributed by atoms with Crippen molar-refractivity contribution in [2.45, 2.75) is 46.1 Å². The van der Waals surface area contributed by atoms with Crippen LogP contribution < -0.4 is 10.1 Å². The summed E-state index contributed by atoms with van der Waals surface area (Å²) in [6.45, 7) is 5.07. The van der Waals surface area contributed by atoms with Gasteiger partial charge >= 0.3 is 0 Å². The van der Waals surface area contributed by atoms with Gasteiger partial charge in [0.1, 0.15) is 5.75 Å². The minimum Gasteiger partial charge on any atom is -0.485 e. The van der Waals surface area contributed by atoms with Crippen molar-refractivity contribution in [1.29, 1.82) is 0 Å². The first-order chi connectivity index (χ1) is 12.9. The number of H-pyrrole nitrogens is 1. The number of carbonyl (C=O) groups excluding carboxylic acids is 3. The van der Waals surface area contributed by atoms with Gasteiger partial charge < -0.3 is 15.0 Å². The summed E-state index contributed by atoms with van der Waals surface area (Å²) in [6, 6.07) is 7.03. The van der Waals surface area contributed by atoms with Crippen LogP contribution in [0.1, 0.15) is 69.2 Å². The lowest BCUT2D eigenvalue weighted by atomic mass is 10.0. The molecule has 0 aliphatic heterocycles. The van der Waals surface area contributed by atoms with Crippen molar-refractivity contribution in [3.8, 4) is 5.75 Å². The zero-order chi connectivity index (χ0) is 19.6. The molecule has 0 radical (unpaired) electrons. The van der Waals surface area contributed by atoms with E-state index in [1.807, 2.05) is 6.92 Å². The SMILES string of the molecule is CCc1c(C(=O)COc2ccc(C(=O)NC3CC3)cc2)[nH]c(C)c1C(C)=O. The number of aromatic nitrogens is 1. The summed E-state index contributed by atoms with van der Waals surface area (Å²) in [5.41, 5.74) is 3.03. The largest absolute Gasteiger partial charge is 0.485 e. The topological polar surface area (TPSA) is 88.3 Å². The predicted molar refractivity (Wildman–Crippen MR) is 102 cm³/mol. The third-order valence-electron chi connectivity index (χ3n) is 4.67. The Morgan fingerprint density at radius 3 is 2.41 bits per heavy atom. The Kier molecular flexibility index (Phi) is 5.44. The Morgan fingerprint density at radius 1 is 1.19 bits per heavy atom. The van der Waals surface area contributed by atoms with Crippen molar-refractivity contribution in [2.24, 2.45) is 0 Å². The lowest BCUT2D eigenvalue weighted by Crippen LogP contribution is -2.25. The molecule has 142 valence electrons. The Morgan fingerprint density at radius 2 is 1.85 bits per heavy atom. The lowest BCUT2D eigenvalue weighted by molar-refractivity contribution is 0.0913. The van der Waals surface area contributed by atoms with Gasteiger partial charge in [-0.1, -0.05) is 6.92 Å². The van der Waals surface area contributed by atoms with Crippen LogP contribution in [0.5, 0.6) is 5.75 Å². The van der Waals surface area contributed by atoms with Gasteiger partial charge in [0.15, 0.2) is 12.4 Å². The van der Waals surface area contributed by atoms with E-state index < -0.39 is 0 Å². The first-order valence-electron chi connectivity index (χ1n) is 9.20. The van der Waals surface area contributed by atoms with Gasteiger partial charge in [0.05, 0.1) is 5.69 Å². The number of ether oxygens (including phenoxy) is 1. The highest BCUT2D eigenvalue weighted by molar-refractivity contribution is 6.04. The lowest BCUT2D eigenvalue weighted by Gasteiger charge is -2.08. The third-order valence-corrected chi connectivity index (χ3v) is 4.67. The van der Waals surface area contributed by atoms with E-state index in [1.54, 1.807) is 31.2 Å². The van der Waals surface area contributed by atoms with Gasteiger partial charge in [0.25, 0.3) is 5.91 Å². The fourth-order valence-corrected chi connectivity index (χ4v) is 3.16. The molecular formula is C21H24N2O4. The average molecular weight is 368 g/mol. The summed E-state index contributed by atoms with van der Waals surface area (Å²) < 4.78 is 5.57. The summed E-state index contributed by atoms with van der Waals surface area (Å²) in [5, 5.41) is 2.93. The molecule has 1 aliphatic rings. The van der Waals surface area contributed by atoms with E-state index >= 15 is 0 Å². The van der Waals surface area contributed by atoms with Crippen LogP contribution in [0.25, 0.3) is 0 Å². The normalized spacial score (nSPS) is 13.3. The maximum absolute atomic E-state index is 12.6. The summed E-state index contributed by atoms with van der Waals surface area (Å²) >= 11 is 0. The molecule has 3 rings (SSSR count). The van der Waals surface area contributed by atoms with Crippen LogP contribution in [0.3, 0.4) is 0 Å². The van der Waals surface area contributed by atoms with Crippen molar-refractivity contribution in [3.63, 3.8) is 0 Å². The molecule has 6 nitrogen and oxygen atoms in total. The molecule has 6 heteroatoms. The second-order valence-corrected chi connectivity index (χ2v) is 6.87. The highest BCUT2D eigenvalue weighted by Crippen LogP contribution is 2.22. The van der Waals surface area contributed by atoms with E-state index in [1.165, 1.54) is 6.92 Å². The zero-order valence-corrected chi connectivity index (χ0v) is 15.8. The van der Waals surface area contributed by atoms with Gasteiger partial charge in [0.2, 0.25) is 5.78 Å². The van der Waals surface area contributed by atoms with Crippen molar-refractivity contribution >= 4 is 17.5 Å². The summed E-state index contributed by atoms with van der Waals surface area (Å²) in [4.78, 5) is 39.4. The smallest absolute Gasteiger partial charge is 0.251 e. The van der Waals surface area contributed by atoms with Crippen LogP contribution in [0.4, 0.5) is 0 Å². The molecule has 0 saturated heterocycles. The fraction of sp³-hybridized carbons (Fsp3) is 0.381. The minimum atomic E-state index is -0.210. The number of Topliss-reactive ketones (excluding diaryl/α,β-unsaturated/α-hetero) is 2. The highest BCUT2D eigenvalue weighted by atomic mass is 16.5. The van der Waals surface area contributed by atoms with Gasteiger partial charge in [-0.05, 0) is 62.9 Å². The van der Waals surface area contributed by atoms with E-state index in [0.717, 1.165) is 18.4 Å². The molecule has 0 spiro atoms. The number of carbonyl (C=O) groups is 3. The van der Waals surface area contributed by atoms with Gasteiger partial charge in [-0.25, -0.2) is 0 Å². The standard InChI is InChI=1S/C21H24N2O4/c1-4-17-19(13(3)24)12(2)22-20(17)18(25)11-27-16-9-5-14(6-10-16)21(26)23-15-7-8-15/h5-6,9-10,15,22H,4,7-8,11H2,1-3H3,(H,23,26). The quantitative estimate of drug-likeness (QED) is 0.700. The monoisotopic (exact) mass is 368 g/mol. The number of nitrogens with one attached hydrogen (secondary N) is 2. The van der Waals surface area contributed by atoms with E-state index in [2.05, 4.69) is 10.3 Å². The number of benzene rings is 1. The molecular weight excluding hydrogens is 344 g/mol. The molecule has 0 unspecified atom stereocenters. The van der Waals surface area contributed by atoms with Crippen molar-refractivity contribution in [3.05, 3.63) is 52.3 Å². The maximum atomic E-state index is 12.6. The van der Waals surface area contributed by atoms with Crippen LogP contribution in [-0.4, -0.2) is 35.1 Å². The molecule has 2 N–H and O–H groups in total. The fourth-order valence-electron chi connectivity index (χ4n) is 3.16. The first kappa shape index (κ1) is 18.9. The highest BCUT2D eigenvalue weighted by Gasteiger charge is 2.24. The van der Waals surface area contributed by atoms with Crippen LogP contribution in [0.15, 0.2) is 24.3 Å². The summed E-state index contributed by atoms with van der Waals surface area (Å²) in [7, 11) is 0.